The Morgan fingerprint density at radius 3 is 2.45 bits per heavy atom. The second-order valence-corrected chi connectivity index (χ2v) is 6.98. The average Bonchev–Trinajstić information content (AvgIpc) is 3.03. The highest BCUT2D eigenvalue weighted by molar-refractivity contribution is 6.39. The van der Waals surface area contributed by atoms with Gasteiger partial charge in [-0.15, -0.1) is 0 Å². The second-order valence-electron chi connectivity index (χ2n) is 6.20. The number of esters is 3. The molecule has 10 heteroatoms. The monoisotopic (exact) mass is 444 g/mol. The molecule has 0 amide bonds. The van der Waals surface area contributed by atoms with Gasteiger partial charge in [0.05, 0.1) is 30.6 Å². The zero-order chi connectivity index (χ0) is 21.6. The number of hydrogen-bond donors (Lipinski definition) is 1. The van der Waals surface area contributed by atoms with E-state index in [1.165, 1.54) is 6.92 Å². The van der Waals surface area contributed by atoms with E-state index < -0.39 is 23.8 Å². The number of fused-ring (bicyclic) bond motifs is 1. The Kier molecular flexibility index (Phi) is 8.28. The van der Waals surface area contributed by atoms with Crippen LogP contribution >= 0.6 is 23.2 Å². The zero-order valence-electron chi connectivity index (χ0n) is 16.3. The van der Waals surface area contributed by atoms with Crippen molar-refractivity contribution in [1.82, 2.24) is 10.2 Å². The van der Waals surface area contributed by atoms with Gasteiger partial charge in [-0.3, -0.25) is 19.5 Å². The summed E-state index contributed by atoms with van der Waals surface area (Å²) >= 11 is 12.6. The number of nitrogens with zero attached hydrogens (tertiary/aromatic N) is 1. The summed E-state index contributed by atoms with van der Waals surface area (Å²) in [6.07, 6.45) is -0.0418. The van der Waals surface area contributed by atoms with E-state index in [4.69, 9.17) is 37.4 Å². The lowest BCUT2D eigenvalue weighted by Crippen LogP contribution is -2.24. The third-order valence-corrected chi connectivity index (χ3v) is 4.72. The molecule has 1 aromatic heterocycles. The Morgan fingerprint density at radius 2 is 1.83 bits per heavy atom. The number of benzene rings is 1. The van der Waals surface area contributed by atoms with Crippen LogP contribution in [0, 0.1) is 5.92 Å². The average molecular weight is 445 g/mol. The fourth-order valence-corrected chi connectivity index (χ4v) is 3.46. The van der Waals surface area contributed by atoms with Crippen molar-refractivity contribution in [3.8, 4) is 0 Å². The highest BCUT2D eigenvalue weighted by Crippen LogP contribution is 2.35. The summed E-state index contributed by atoms with van der Waals surface area (Å²) in [5.41, 5.74) is 1.56. The SMILES string of the molecule is CCOC(=O)CC(Cc1cc(Cl)c2n[nH]c(Cl)c2c1COC(C)=O)C(=O)OCC. The first-order valence-electron chi connectivity index (χ1n) is 9.07. The van der Waals surface area contributed by atoms with Crippen molar-refractivity contribution in [3.05, 3.63) is 27.4 Å². The number of halogens is 2. The van der Waals surface area contributed by atoms with Crippen LogP contribution in [0.15, 0.2) is 6.07 Å². The van der Waals surface area contributed by atoms with Crippen molar-refractivity contribution in [3.63, 3.8) is 0 Å². The number of H-pyrrole nitrogens is 1. The molecule has 2 rings (SSSR count). The van der Waals surface area contributed by atoms with Crippen molar-refractivity contribution < 1.29 is 28.6 Å². The molecule has 8 nitrogen and oxygen atoms in total. The van der Waals surface area contributed by atoms with Gasteiger partial charge < -0.3 is 14.2 Å². The third kappa shape index (κ3) is 5.83. The van der Waals surface area contributed by atoms with E-state index in [-0.39, 0.29) is 37.8 Å². The highest BCUT2D eigenvalue weighted by Gasteiger charge is 2.27. The smallest absolute Gasteiger partial charge is 0.309 e. The predicted octanol–water partition coefficient (Wildman–Crippen LogP) is 3.61. The molecule has 0 saturated heterocycles. The van der Waals surface area contributed by atoms with E-state index >= 15 is 0 Å². The van der Waals surface area contributed by atoms with Crippen LogP contribution in [-0.2, 0) is 41.6 Å². The molecule has 0 aliphatic rings. The first kappa shape index (κ1) is 23.0. The Morgan fingerprint density at radius 1 is 1.14 bits per heavy atom. The molecule has 0 fully saturated rings. The Bertz CT molecular complexity index is 912. The van der Waals surface area contributed by atoms with Gasteiger partial charge in [0.2, 0.25) is 0 Å². The van der Waals surface area contributed by atoms with Crippen LogP contribution < -0.4 is 0 Å². The number of ether oxygens (including phenoxy) is 3. The van der Waals surface area contributed by atoms with Gasteiger partial charge in [0.15, 0.2) is 0 Å². The van der Waals surface area contributed by atoms with Gasteiger partial charge >= 0.3 is 17.9 Å². The fraction of sp³-hybridized carbons (Fsp3) is 0.474. The normalized spacial score (nSPS) is 11.9. The van der Waals surface area contributed by atoms with Crippen LogP contribution in [-0.4, -0.2) is 41.3 Å². The van der Waals surface area contributed by atoms with Crippen molar-refractivity contribution in [2.45, 2.75) is 40.2 Å². The minimum absolute atomic E-state index is 0.0907. The van der Waals surface area contributed by atoms with Crippen molar-refractivity contribution >= 4 is 52.0 Å². The van der Waals surface area contributed by atoms with Crippen LogP contribution in [0.3, 0.4) is 0 Å². The summed E-state index contributed by atoms with van der Waals surface area (Å²) in [5, 5.41) is 7.74. The summed E-state index contributed by atoms with van der Waals surface area (Å²) in [5.74, 6) is -2.33. The van der Waals surface area contributed by atoms with Crippen molar-refractivity contribution in [2.75, 3.05) is 13.2 Å². The first-order chi connectivity index (χ1) is 13.8. The molecule has 0 aliphatic carbocycles. The fourth-order valence-electron chi connectivity index (χ4n) is 2.94. The zero-order valence-corrected chi connectivity index (χ0v) is 17.9. The second kappa shape index (κ2) is 10.5. The number of aromatic amines is 1. The molecule has 0 saturated carbocycles. The maximum absolute atomic E-state index is 12.4. The van der Waals surface area contributed by atoms with Crippen molar-refractivity contribution in [1.29, 1.82) is 0 Å². The molecule has 1 N–H and O–H groups in total. The lowest BCUT2D eigenvalue weighted by atomic mass is 9.92. The molecule has 0 bridgehead atoms. The minimum atomic E-state index is -0.802. The summed E-state index contributed by atoms with van der Waals surface area (Å²) in [6.45, 7) is 4.93. The predicted molar refractivity (Wildman–Crippen MR) is 107 cm³/mol. The van der Waals surface area contributed by atoms with Gasteiger partial charge in [-0.1, -0.05) is 23.2 Å². The quantitative estimate of drug-likeness (QED) is 0.464. The Balaban J connectivity index is 2.48. The molecular weight excluding hydrogens is 423 g/mol. The molecule has 2 aromatic rings. The molecule has 29 heavy (non-hydrogen) atoms. The van der Waals surface area contributed by atoms with E-state index in [0.717, 1.165) is 0 Å². The summed E-state index contributed by atoms with van der Waals surface area (Å²) < 4.78 is 15.2. The third-order valence-electron chi connectivity index (χ3n) is 4.16. The molecule has 158 valence electrons. The first-order valence-corrected chi connectivity index (χ1v) is 9.83. The maximum Gasteiger partial charge on any atom is 0.309 e. The summed E-state index contributed by atoms with van der Waals surface area (Å²) in [6, 6.07) is 1.62. The standard InChI is InChI=1S/C19H22Cl2N2O6/c1-4-27-15(25)8-12(19(26)28-5-2)6-11-7-14(20)17-16(18(21)23-22-17)13(11)9-29-10(3)24/h7,12H,4-6,8-9H2,1-3H3,(H,22,23). The van der Waals surface area contributed by atoms with Crippen molar-refractivity contribution in [2.24, 2.45) is 5.92 Å². The minimum Gasteiger partial charge on any atom is -0.466 e. The number of carbonyl (C=O) groups excluding carboxylic acids is 3. The van der Waals surface area contributed by atoms with Crippen LogP contribution in [0.1, 0.15) is 38.3 Å². The van der Waals surface area contributed by atoms with E-state index in [9.17, 15) is 14.4 Å². The van der Waals surface area contributed by atoms with Gasteiger partial charge in [0.1, 0.15) is 17.3 Å². The number of rotatable bonds is 9. The molecular formula is C19H22Cl2N2O6. The lowest BCUT2D eigenvalue weighted by Gasteiger charge is -2.18. The number of carbonyl (C=O) groups is 3. The van der Waals surface area contributed by atoms with Crippen LogP contribution in [0.25, 0.3) is 10.9 Å². The van der Waals surface area contributed by atoms with Crippen LogP contribution in [0.4, 0.5) is 0 Å². The number of hydrogen-bond acceptors (Lipinski definition) is 7. The Hall–Kier alpha value is -2.32. The lowest BCUT2D eigenvalue weighted by molar-refractivity contribution is -0.154. The van der Waals surface area contributed by atoms with Gasteiger partial charge in [-0.2, -0.15) is 5.10 Å². The maximum atomic E-state index is 12.4. The van der Waals surface area contributed by atoms with Gasteiger partial charge in [-0.25, -0.2) is 0 Å². The van der Waals surface area contributed by atoms with Crippen LogP contribution in [0.2, 0.25) is 10.2 Å². The molecule has 0 aliphatic heterocycles. The molecule has 1 unspecified atom stereocenters. The molecule has 1 heterocycles. The van der Waals surface area contributed by atoms with E-state index in [0.29, 0.717) is 27.1 Å². The summed E-state index contributed by atoms with van der Waals surface area (Å²) in [7, 11) is 0. The molecule has 0 radical (unpaired) electrons. The highest BCUT2D eigenvalue weighted by atomic mass is 35.5. The largest absolute Gasteiger partial charge is 0.466 e. The van der Waals surface area contributed by atoms with E-state index in [1.807, 2.05) is 0 Å². The topological polar surface area (TPSA) is 108 Å². The summed E-state index contributed by atoms with van der Waals surface area (Å²) in [4.78, 5) is 35.8. The molecule has 1 aromatic carbocycles. The molecule has 0 spiro atoms. The van der Waals surface area contributed by atoms with E-state index in [1.54, 1.807) is 19.9 Å². The van der Waals surface area contributed by atoms with Crippen LogP contribution in [0.5, 0.6) is 0 Å². The van der Waals surface area contributed by atoms with Gasteiger partial charge in [-0.05, 0) is 31.9 Å². The van der Waals surface area contributed by atoms with Gasteiger partial charge in [0, 0.05) is 17.9 Å². The molecule has 1 atom stereocenters. The number of nitrogens with one attached hydrogen (secondary N) is 1. The number of aromatic nitrogens is 2. The van der Waals surface area contributed by atoms with E-state index in [2.05, 4.69) is 10.2 Å². The van der Waals surface area contributed by atoms with Gasteiger partial charge in [0.25, 0.3) is 0 Å². The Labute approximate surface area is 177 Å².